The average Bonchev–Trinajstić information content (AvgIpc) is 2.26. The van der Waals surface area contributed by atoms with Crippen LogP contribution in [0.4, 0.5) is 11.6 Å². The quantitative estimate of drug-likeness (QED) is 0.353. The van der Waals surface area contributed by atoms with E-state index in [1.165, 1.54) is 6.42 Å². The monoisotopic (exact) mass is 326 g/mol. The SMILES string of the molecule is N=c1nc(N2CCCCC2)cc(N)n1O.[K+].[K+].[K+]. The van der Waals surface area contributed by atoms with Crippen LogP contribution in [-0.4, -0.2) is 28.0 Å². The Labute approximate surface area is 234 Å². The molecular weight excluding hydrogens is 311 g/mol. The van der Waals surface area contributed by atoms with Crippen LogP contribution in [0.25, 0.3) is 0 Å². The van der Waals surface area contributed by atoms with Crippen molar-refractivity contribution in [2.24, 2.45) is 0 Å². The smallest absolute Gasteiger partial charge is 0.423 e. The third kappa shape index (κ3) is 6.53. The van der Waals surface area contributed by atoms with E-state index in [2.05, 4.69) is 9.88 Å². The Hall–Kier alpha value is 3.19. The number of nitrogen functional groups attached to an aromatic ring is 1. The van der Waals surface area contributed by atoms with Gasteiger partial charge in [0.1, 0.15) is 11.6 Å². The van der Waals surface area contributed by atoms with Gasteiger partial charge in [-0.05, 0) is 19.3 Å². The first-order valence-electron chi connectivity index (χ1n) is 5.07. The standard InChI is InChI=1S/C9H15N5O.3K/c10-7-6-8(12-9(11)14(7)15)13-4-2-1-3-5-13;;;/h6,11,15H,1-5,10H2;;;/q;3*+1. The van der Waals surface area contributed by atoms with Crippen LogP contribution in [-0.2, 0) is 0 Å². The molecule has 0 saturated carbocycles. The number of hydrogen-bond acceptors (Lipinski definition) is 5. The van der Waals surface area contributed by atoms with Gasteiger partial charge in [-0.15, -0.1) is 4.73 Å². The van der Waals surface area contributed by atoms with Crippen LogP contribution in [0.5, 0.6) is 0 Å². The van der Waals surface area contributed by atoms with Gasteiger partial charge in [0, 0.05) is 19.2 Å². The van der Waals surface area contributed by atoms with Crippen LogP contribution in [0.1, 0.15) is 19.3 Å². The topological polar surface area (TPSA) is 91.2 Å². The fraction of sp³-hybridized carbons (Fsp3) is 0.556. The average molecular weight is 327 g/mol. The molecule has 0 radical (unpaired) electrons. The van der Waals surface area contributed by atoms with Gasteiger partial charge >= 0.3 is 154 Å². The predicted molar refractivity (Wildman–Crippen MR) is 55.7 cm³/mol. The summed E-state index contributed by atoms with van der Waals surface area (Å²) in [6.45, 7) is 1.89. The molecule has 1 aromatic rings. The zero-order chi connectivity index (χ0) is 10.8. The van der Waals surface area contributed by atoms with Crippen LogP contribution in [0.3, 0.4) is 0 Å². The predicted octanol–water partition coefficient (Wildman–Crippen LogP) is -8.82. The number of rotatable bonds is 1. The molecule has 18 heavy (non-hydrogen) atoms. The van der Waals surface area contributed by atoms with Gasteiger partial charge in [0.2, 0.25) is 0 Å². The van der Waals surface area contributed by atoms with Crippen molar-refractivity contribution in [3.8, 4) is 0 Å². The fourth-order valence-corrected chi connectivity index (χ4v) is 1.79. The van der Waals surface area contributed by atoms with E-state index in [9.17, 15) is 5.21 Å². The summed E-state index contributed by atoms with van der Waals surface area (Å²) in [4.78, 5) is 6.08. The third-order valence-corrected chi connectivity index (χ3v) is 2.62. The number of anilines is 2. The van der Waals surface area contributed by atoms with Gasteiger partial charge < -0.3 is 15.8 Å². The van der Waals surface area contributed by atoms with E-state index in [4.69, 9.17) is 11.1 Å². The van der Waals surface area contributed by atoms with Crippen molar-refractivity contribution in [3.63, 3.8) is 0 Å². The van der Waals surface area contributed by atoms with E-state index in [1.807, 2.05) is 0 Å². The Morgan fingerprint density at radius 3 is 2.22 bits per heavy atom. The number of aromatic nitrogens is 2. The van der Waals surface area contributed by atoms with Crippen molar-refractivity contribution in [2.75, 3.05) is 23.7 Å². The summed E-state index contributed by atoms with van der Waals surface area (Å²) >= 11 is 0. The van der Waals surface area contributed by atoms with Gasteiger partial charge in [0.05, 0.1) is 0 Å². The summed E-state index contributed by atoms with van der Waals surface area (Å²) in [5.41, 5.74) is 5.33. The van der Waals surface area contributed by atoms with Gasteiger partial charge in [-0.1, -0.05) is 0 Å². The molecule has 1 aromatic heterocycles. The summed E-state index contributed by atoms with van der Waals surface area (Å²) in [7, 11) is 0. The maximum Gasteiger partial charge on any atom is 1.00 e. The van der Waals surface area contributed by atoms with Gasteiger partial charge in [-0.2, -0.15) is 4.98 Å². The van der Waals surface area contributed by atoms with Crippen molar-refractivity contribution in [2.45, 2.75) is 19.3 Å². The van der Waals surface area contributed by atoms with Crippen LogP contribution in [0, 0.1) is 5.41 Å². The molecule has 1 saturated heterocycles. The number of nitrogens with zero attached hydrogens (tertiary/aromatic N) is 3. The Bertz CT molecular complexity index is 419. The van der Waals surface area contributed by atoms with Crippen molar-refractivity contribution in [1.29, 1.82) is 5.41 Å². The van der Waals surface area contributed by atoms with E-state index >= 15 is 0 Å². The summed E-state index contributed by atoms with van der Waals surface area (Å²) in [5.74, 6) is 0.832. The molecule has 2 rings (SSSR count). The van der Waals surface area contributed by atoms with Crippen molar-refractivity contribution in [1.82, 2.24) is 9.71 Å². The second kappa shape index (κ2) is 11.7. The van der Waals surface area contributed by atoms with Crippen LogP contribution < -0.4 is 170 Å². The molecule has 2 heterocycles. The molecular formula is C9H15K3N5O+3. The van der Waals surface area contributed by atoms with E-state index in [0.717, 1.165) is 25.9 Å². The van der Waals surface area contributed by atoms with Gasteiger partial charge in [-0.25, -0.2) is 0 Å². The fourth-order valence-electron chi connectivity index (χ4n) is 1.79. The van der Waals surface area contributed by atoms with E-state index in [1.54, 1.807) is 6.07 Å². The minimum atomic E-state index is -0.226. The summed E-state index contributed by atoms with van der Waals surface area (Å²) in [5, 5.41) is 16.7. The van der Waals surface area contributed by atoms with Gasteiger partial charge in [0.15, 0.2) is 0 Å². The molecule has 0 bridgehead atoms. The Morgan fingerprint density at radius 1 is 1.17 bits per heavy atom. The normalized spacial score (nSPS) is 13.9. The minimum Gasteiger partial charge on any atom is -0.423 e. The maximum absolute atomic E-state index is 9.25. The van der Waals surface area contributed by atoms with Crippen LogP contribution in [0.15, 0.2) is 6.07 Å². The molecule has 0 spiro atoms. The molecule has 6 nitrogen and oxygen atoms in total. The number of piperidine rings is 1. The van der Waals surface area contributed by atoms with Gasteiger partial charge in [0.25, 0.3) is 5.62 Å². The molecule has 1 aliphatic heterocycles. The molecule has 9 heteroatoms. The van der Waals surface area contributed by atoms with E-state index in [0.29, 0.717) is 10.5 Å². The second-order valence-corrected chi connectivity index (χ2v) is 3.72. The van der Waals surface area contributed by atoms with Crippen molar-refractivity contribution < 1.29 is 159 Å². The first-order valence-corrected chi connectivity index (χ1v) is 5.07. The Kier molecular flexibility index (Phi) is 15.3. The van der Waals surface area contributed by atoms with E-state index < -0.39 is 0 Å². The van der Waals surface area contributed by atoms with Crippen LogP contribution >= 0.6 is 0 Å². The Morgan fingerprint density at radius 2 is 1.72 bits per heavy atom. The molecule has 0 aromatic carbocycles. The van der Waals surface area contributed by atoms with Crippen molar-refractivity contribution >= 4 is 11.6 Å². The largest absolute Gasteiger partial charge is 1.00 e. The number of hydrogen-bond donors (Lipinski definition) is 3. The first-order chi connectivity index (χ1) is 7.18. The van der Waals surface area contributed by atoms with Gasteiger partial charge in [-0.3, -0.25) is 5.41 Å². The number of nitrogens with two attached hydrogens (primary N) is 1. The molecule has 0 amide bonds. The molecule has 1 fully saturated rings. The molecule has 0 atom stereocenters. The van der Waals surface area contributed by atoms with E-state index in [-0.39, 0.29) is 166 Å². The Balaban J connectivity index is 0. The summed E-state index contributed by atoms with van der Waals surface area (Å²) in [6.07, 6.45) is 3.53. The molecule has 4 N–H and O–H groups in total. The molecule has 1 aliphatic rings. The number of nitrogens with one attached hydrogen (secondary N) is 1. The minimum absolute atomic E-state index is 0. The molecule has 0 unspecified atom stereocenters. The van der Waals surface area contributed by atoms with Crippen LogP contribution in [0.2, 0.25) is 0 Å². The first kappa shape index (κ1) is 23.5. The zero-order valence-electron chi connectivity index (χ0n) is 11.5. The summed E-state index contributed by atoms with van der Waals surface area (Å²) < 4.78 is 0.577. The van der Waals surface area contributed by atoms with Crippen molar-refractivity contribution in [3.05, 3.63) is 11.7 Å². The second-order valence-electron chi connectivity index (χ2n) is 3.72. The molecule has 0 aliphatic carbocycles. The molecule has 82 valence electrons. The zero-order valence-corrected chi connectivity index (χ0v) is 20.8. The maximum atomic E-state index is 9.25. The summed E-state index contributed by atoms with van der Waals surface area (Å²) in [6, 6.07) is 1.60. The third-order valence-electron chi connectivity index (χ3n) is 2.62.